The Morgan fingerprint density at radius 2 is 2.06 bits per heavy atom. The molecular formula is C26H38N2O3SSi. The first-order valence-electron chi connectivity index (χ1n) is 12.1. The van der Waals surface area contributed by atoms with E-state index in [2.05, 4.69) is 73.7 Å². The normalized spacial score (nSPS) is 23.2. The minimum absolute atomic E-state index is 0.0562. The summed E-state index contributed by atoms with van der Waals surface area (Å²) in [4.78, 5) is 15.4. The maximum Gasteiger partial charge on any atom is 0.224 e. The molecule has 1 amide bonds. The highest BCUT2D eigenvalue weighted by atomic mass is 32.1. The summed E-state index contributed by atoms with van der Waals surface area (Å²) in [5, 5.41) is 16.1. The molecule has 2 unspecified atom stereocenters. The lowest BCUT2D eigenvalue weighted by Gasteiger charge is -2.42. The first-order chi connectivity index (χ1) is 15.5. The minimum atomic E-state index is -2.01. The summed E-state index contributed by atoms with van der Waals surface area (Å²) in [7, 11) is -2.01. The molecule has 1 aromatic carbocycles. The predicted molar refractivity (Wildman–Crippen MR) is 139 cm³/mol. The van der Waals surface area contributed by atoms with E-state index in [1.165, 1.54) is 16.0 Å². The van der Waals surface area contributed by atoms with Crippen molar-refractivity contribution in [1.29, 1.82) is 0 Å². The number of anilines is 1. The van der Waals surface area contributed by atoms with E-state index in [0.717, 1.165) is 31.6 Å². The lowest BCUT2D eigenvalue weighted by molar-refractivity contribution is -0.116. The van der Waals surface area contributed by atoms with Crippen molar-refractivity contribution in [2.24, 2.45) is 0 Å². The molecule has 2 aromatic rings. The summed E-state index contributed by atoms with van der Waals surface area (Å²) in [5.41, 5.74) is 3.28. The number of rotatable bonds is 6. The van der Waals surface area contributed by atoms with E-state index in [1.54, 1.807) is 11.3 Å². The molecule has 0 radical (unpaired) electrons. The number of β-amino-alcohol motifs (C(OH)–C–C–N with tert-alkyl or cyclic N) is 1. The number of thiophene rings is 1. The van der Waals surface area contributed by atoms with Crippen molar-refractivity contribution in [3.8, 4) is 0 Å². The Morgan fingerprint density at radius 1 is 1.27 bits per heavy atom. The van der Waals surface area contributed by atoms with E-state index in [9.17, 15) is 9.90 Å². The number of aliphatic hydroxyl groups excluding tert-OH is 1. The minimum Gasteiger partial charge on any atom is -0.409 e. The Labute approximate surface area is 203 Å². The molecule has 0 aliphatic carbocycles. The van der Waals surface area contributed by atoms with Crippen LogP contribution >= 0.6 is 11.3 Å². The van der Waals surface area contributed by atoms with Gasteiger partial charge in [0.15, 0.2) is 8.32 Å². The number of aliphatic hydroxyl groups is 1. The number of hydrogen-bond donors (Lipinski definition) is 2. The van der Waals surface area contributed by atoms with Gasteiger partial charge in [-0.2, -0.15) is 0 Å². The molecule has 3 atom stereocenters. The molecule has 0 saturated carbocycles. The molecule has 1 fully saturated rings. The monoisotopic (exact) mass is 486 g/mol. The smallest absolute Gasteiger partial charge is 0.224 e. The average molecular weight is 487 g/mol. The Kier molecular flexibility index (Phi) is 7.17. The number of carbonyl (C=O) groups is 1. The second kappa shape index (κ2) is 9.62. The fourth-order valence-corrected chi connectivity index (χ4v) is 6.77. The maximum atomic E-state index is 11.8. The fourth-order valence-electron chi connectivity index (χ4n) is 4.58. The lowest BCUT2D eigenvalue weighted by Crippen LogP contribution is -2.47. The van der Waals surface area contributed by atoms with E-state index >= 15 is 0 Å². The Bertz CT molecular complexity index is 970. The van der Waals surface area contributed by atoms with Crippen molar-refractivity contribution in [3.05, 3.63) is 51.7 Å². The SMILES string of the molecule is CC(C)(C)[Si](C)(C)O[C@@H](CN1CCC(c2cccs2)C(O)C1)c1ccc2c(c1)CCC(=O)N2. The maximum absolute atomic E-state index is 11.8. The van der Waals surface area contributed by atoms with Crippen molar-refractivity contribution in [2.75, 3.05) is 25.0 Å². The molecule has 3 heterocycles. The van der Waals surface area contributed by atoms with Gasteiger partial charge in [-0.05, 0) is 66.2 Å². The van der Waals surface area contributed by atoms with Crippen LogP contribution in [0.15, 0.2) is 35.7 Å². The molecule has 7 heteroatoms. The largest absolute Gasteiger partial charge is 0.409 e. The van der Waals surface area contributed by atoms with Gasteiger partial charge < -0.3 is 14.8 Å². The van der Waals surface area contributed by atoms with E-state index in [0.29, 0.717) is 13.0 Å². The highest BCUT2D eigenvalue weighted by Gasteiger charge is 2.40. The van der Waals surface area contributed by atoms with Crippen molar-refractivity contribution in [2.45, 2.75) is 76.3 Å². The third-order valence-corrected chi connectivity index (χ3v) is 13.1. The number of amides is 1. The van der Waals surface area contributed by atoms with Crippen LogP contribution in [0.4, 0.5) is 5.69 Å². The van der Waals surface area contributed by atoms with Crippen LogP contribution in [0.5, 0.6) is 0 Å². The molecule has 2 aliphatic heterocycles. The van der Waals surface area contributed by atoms with E-state index < -0.39 is 8.32 Å². The zero-order valence-electron chi connectivity index (χ0n) is 20.6. The molecule has 33 heavy (non-hydrogen) atoms. The summed E-state index contributed by atoms with van der Waals surface area (Å²) in [6, 6.07) is 10.6. The number of hydrogen-bond acceptors (Lipinski definition) is 5. The van der Waals surface area contributed by atoms with Crippen LogP contribution in [-0.2, 0) is 15.6 Å². The Hall–Kier alpha value is -1.51. The summed E-state index contributed by atoms with van der Waals surface area (Å²) in [6.07, 6.45) is 1.85. The van der Waals surface area contributed by atoms with Crippen molar-refractivity contribution in [3.63, 3.8) is 0 Å². The number of likely N-dealkylation sites (tertiary alicyclic amines) is 1. The molecular weight excluding hydrogens is 448 g/mol. The summed E-state index contributed by atoms with van der Waals surface area (Å²) >= 11 is 1.74. The first kappa shape index (κ1) is 24.6. The third kappa shape index (κ3) is 5.60. The molecule has 1 saturated heterocycles. The summed E-state index contributed by atoms with van der Waals surface area (Å²) in [5.74, 6) is 0.320. The standard InChI is InChI=1S/C26H38N2O3SSi/c1-26(2,3)33(4,5)31-23(19-8-10-21-18(15-19)9-11-25(30)27-21)17-28-13-12-20(22(29)16-28)24-7-6-14-32-24/h6-8,10,14-15,20,22-23,29H,9,11-13,16-17H2,1-5H3,(H,27,30)/t20?,22?,23-/m0/s1. The van der Waals surface area contributed by atoms with Gasteiger partial charge >= 0.3 is 0 Å². The molecule has 2 N–H and O–H groups in total. The van der Waals surface area contributed by atoms with E-state index in [-0.39, 0.29) is 29.1 Å². The Balaban J connectivity index is 1.54. The highest BCUT2D eigenvalue weighted by molar-refractivity contribution is 7.10. The number of carbonyl (C=O) groups excluding carboxylic acids is 1. The van der Waals surface area contributed by atoms with Crippen LogP contribution < -0.4 is 5.32 Å². The zero-order valence-corrected chi connectivity index (χ0v) is 22.4. The van der Waals surface area contributed by atoms with Crippen molar-refractivity contribution < 1.29 is 14.3 Å². The van der Waals surface area contributed by atoms with Gasteiger partial charge in [0.2, 0.25) is 5.91 Å². The van der Waals surface area contributed by atoms with Crippen LogP contribution in [0.3, 0.4) is 0 Å². The zero-order chi connectivity index (χ0) is 23.8. The van der Waals surface area contributed by atoms with E-state index in [1.807, 2.05) is 6.07 Å². The summed E-state index contributed by atoms with van der Waals surface area (Å²) in [6.45, 7) is 13.8. The first-order valence-corrected chi connectivity index (χ1v) is 15.9. The molecule has 180 valence electrons. The number of nitrogens with one attached hydrogen (secondary N) is 1. The van der Waals surface area contributed by atoms with Crippen LogP contribution in [0.2, 0.25) is 18.1 Å². The number of aryl methyl sites for hydroxylation is 1. The van der Waals surface area contributed by atoms with Crippen LogP contribution in [0, 0.1) is 0 Å². The topological polar surface area (TPSA) is 61.8 Å². The van der Waals surface area contributed by atoms with Gasteiger partial charge in [0.25, 0.3) is 0 Å². The molecule has 2 aliphatic rings. The molecule has 5 nitrogen and oxygen atoms in total. The highest BCUT2D eigenvalue weighted by Crippen LogP contribution is 2.41. The van der Waals surface area contributed by atoms with Gasteiger partial charge in [-0.1, -0.05) is 39.0 Å². The van der Waals surface area contributed by atoms with Gasteiger partial charge in [0.05, 0.1) is 12.2 Å². The summed E-state index contributed by atoms with van der Waals surface area (Å²) < 4.78 is 6.97. The van der Waals surface area contributed by atoms with Crippen LogP contribution in [-0.4, -0.2) is 50.0 Å². The lowest BCUT2D eigenvalue weighted by atomic mass is 9.92. The van der Waals surface area contributed by atoms with Gasteiger partial charge in [0, 0.05) is 36.0 Å². The van der Waals surface area contributed by atoms with Crippen LogP contribution in [0.25, 0.3) is 0 Å². The molecule has 1 aromatic heterocycles. The van der Waals surface area contributed by atoms with Crippen molar-refractivity contribution >= 4 is 31.2 Å². The fraction of sp³-hybridized carbons (Fsp3) is 0.577. The predicted octanol–water partition coefficient (Wildman–Crippen LogP) is 5.55. The van der Waals surface area contributed by atoms with Gasteiger partial charge in [-0.15, -0.1) is 11.3 Å². The molecule has 0 bridgehead atoms. The second-order valence-electron chi connectivity index (χ2n) is 11.1. The average Bonchev–Trinajstić information content (AvgIpc) is 3.26. The number of nitrogens with zero attached hydrogens (tertiary/aromatic N) is 1. The quantitative estimate of drug-likeness (QED) is 0.526. The number of fused-ring (bicyclic) bond motifs is 1. The van der Waals surface area contributed by atoms with Crippen molar-refractivity contribution in [1.82, 2.24) is 4.90 Å². The number of benzene rings is 1. The van der Waals surface area contributed by atoms with E-state index in [4.69, 9.17) is 4.43 Å². The van der Waals surface area contributed by atoms with Gasteiger partial charge in [-0.3, -0.25) is 9.69 Å². The molecule has 0 spiro atoms. The van der Waals surface area contributed by atoms with Crippen LogP contribution in [0.1, 0.15) is 61.6 Å². The molecule has 4 rings (SSSR count). The third-order valence-electron chi connectivity index (χ3n) is 7.64. The second-order valence-corrected chi connectivity index (χ2v) is 16.8. The number of piperidine rings is 1. The van der Waals surface area contributed by atoms with Gasteiger partial charge in [-0.25, -0.2) is 0 Å². The Morgan fingerprint density at radius 3 is 2.73 bits per heavy atom. The van der Waals surface area contributed by atoms with Gasteiger partial charge in [0.1, 0.15) is 0 Å².